The van der Waals surface area contributed by atoms with Crippen molar-refractivity contribution >= 4 is 17.4 Å². The fourth-order valence-electron chi connectivity index (χ4n) is 5.98. The van der Waals surface area contributed by atoms with Gasteiger partial charge in [0.2, 0.25) is 11.6 Å². The highest BCUT2D eigenvalue weighted by atomic mass is 35.5. The maximum Gasteiger partial charge on any atom is 0.212 e. The van der Waals surface area contributed by atoms with Crippen molar-refractivity contribution in [3.63, 3.8) is 0 Å². The van der Waals surface area contributed by atoms with Gasteiger partial charge in [-0.25, -0.2) is 0 Å². The van der Waals surface area contributed by atoms with Crippen molar-refractivity contribution in [3.05, 3.63) is 73.8 Å². The van der Waals surface area contributed by atoms with Crippen LogP contribution in [0.4, 0.5) is 0 Å². The molecule has 8 nitrogen and oxygen atoms in total. The Hall–Kier alpha value is -3.46. The number of halogens is 1. The number of phenols is 4. The van der Waals surface area contributed by atoms with Gasteiger partial charge in [-0.3, -0.25) is 4.79 Å². The van der Waals surface area contributed by atoms with E-state index in [1.54, 1.807) is 20.8 Å². The number of fused-ring (bicyclic) bond motifs is 8. The Labute approximate surface area is 210 Å². The van der Waals surface area contributed by atoms with Crippen LogP contribution < -0.4 is 4.74 Å². The predicted molar refractivity (Wildman–Crippen MR) is 128 cm³/mol. The van der Waals surface area contributed by atoms with Gasteiger partial charge < -0.3 is 35.0 Å². The molecule has 6 rings (SSSR count). The lowest BCUT2D eigenvalue weighted by molar-refractivity contribution is -0.216. The lowest BCUT2D eigenvalue weighted by Crippen LogP contribution is -2.47. The lowest BCUT2D eigenvalue weighted by Gasteiger charge is -2.46. The van der Waals surface area contributed by atoms with Crippen LogP contribution in [0.5, 0.6) is 28.7 Å². The molecule has 0 fully saturated rings. The van der Waals surface area contributed by atoms with Crippen molar-refractivity contribution in [2.45, 2.75) is 51.1 Å². The van der Waals surface area contributed by atoms with Crippen LogP contribution in [-0.4, -0.2) is 37.1 Å². The van der Waals surface area contributed by atoms with Crippen LogP contribution in [-0.2, 0) is 23.2 Å². The van der Waals surface area contributed by atoms with Gasteiger partial charge in [0.1, 0.15) is 34.9 Å². The summed E-state index contributed by atoms with van der Waals surface area (Å²) < 4.78 is 12.3. The van der Waals surface area contributed by atoms with E-state index in [0.29, 0.717) is 33.6 Å². The highest BCUT2D eigenvalue weighted by Gasteiger charge is 2.50. The number of aromatic hydroxyl groups is 4. The molecule has 2 bridgehead atoms. The van der Waals surface area contributed by atoms with Gasteiger partial charge >= 0.3 is 0 Å². The Kier molecular flexibility index (Phi) is 4.51. The monoisotopic (exact) mass is 510 g/mol. The molecule has 3 aliphatic rings. The van der Waals surface area contributed by atoms with E-state index < -0.39 is 35.4 Å². The summed E-state index contributed by atoms with van der Waals surface area (Å²) in [7, 11) is 0. The fourth-order valence-corrected chi connectivity index (χ4v) is 6.37. The van der Waals surface area contributed by atoms with Crippen LogP contribution in [0.3, 0.4) is 0 Å². The third kappa shape index (κ3) is 2.80. The Morgan fingerprint density at radius 3 is 2.42 bits per heavy atom. The highest BCUT2D eigenvalue weighted by Crippen LogP contribution is 2.57. The number of benzene rings is 3. The molecule has 2 atom stereocenters. The second-order valence-corrected chi connectivity index (χ2v) is 10.6. The van der Waals surface area contributed by atoms with E-state index in [0.717, 1.165) is 6.07 Å². The topological polar surface area (TPSA) is 137 Å². The molecular formula is C27H23ClO8. The summed E-state index contributed by atoms with van der Waals surface area (Å²) >= 11 is 6.43. The van der Waals surface area contributed by atoms with Crippen molar-refractivity contribution in [1.82, 2.24) is 0 Å². The minimum absolute atomic E-state index is 0.00729. The van der Waals surface area contributed by atoms with Crippen LogP contribution in [0.15, 0.2) is 24.3 Å². The van der Waals surface area contributed by atoms with Crippen LogP contribution in [0.1, 0.15) is 76.2 Å². The summed E-state index contributed by atoms with van der Waals surface area (Å²) in [6, 6.07) is 5.65. The van der Waals surface area contributed by atoms with Crippen LogP contribution >= 0.6 is 11.6 Å². The standard InChI is InChI=1S/C27H23ClO8/c1-26(2)13-5-10-8-27(3)35-16-6-12(30)4-11(9-29)17(16)25(36-27)18(10)23(33)19(13)24(34)20-14(31)7-15(32)22(28)21(20)26/h4-7,25,29-33H,8-9H2,1-3H3/t25-,27-/m0/s1. The minimum atomic E-state index is -1.14. The molecule has 0 amide bonds. The Bertz CT molecular complexity index is 1530. The van der Waals surface area contributed by atoms with E-state index in [-0.39, 0.29) is 45.4 Å². The second-order valence-electron chi connectivity index (χ2n) is 10.2. The maximum absolute atomic E-state index is 13.7. The zero-order valence-electron chi connectivity index (χ0n) is 19.6. The van der Waals surface area contributed by atoms with Crippen molar-refractivity contribution in [2.75, 3.05) is 0 Å². The molecule has 1 aliphatic carbocycles. The number of aliphatic hydroxyl groups excluding tert-OH is 1. The summed E-state index contributed by atoms with van der Waals surface area (Å²) in [5.74, 6) is -2.62. The average Bonchev–Trinajstić information content (AvgIpc) is 2.78. The van der Waals surface area contributed by atoms with Crippen molar-refractivity contribution in [2.24, 2.45) is 0 Å². The molecule has 186 valence electrons. The molecule has 9 heteroatoms. The molecule has 3 aromatic carbocycles. The molecule has 5 N–H and O–H groups in total. The summed E-state index contributed by atoms with van der Waals surface area (Å²) in [5, 5.41) is 52.6. The fraction of sp³-hybridized carbons (Fsp3) is 0.296. The third-order valence-electron chi connectivity index (χ3n) is 7.51. The molecule has 0 saturated heterocycles. The molecule has 3 aromatic rings. The molecule has 2 aliphatic heterocycles. The number of ketones is 1. The van der Waals surface area contributed by atoms with E-state index in [4.69, 9.17) is 21.1 Å². The lowest BCUT2D eigenvalue weighted by atomic mass is 9.66. The Morgan fingerprint density at radius 2 is 1.72 bits per heavy atom. The van der Waals surface area contributed by atoms with Crippen LogP contribution in [0, 0.1) is 0 Å². The predicted octanol–water partition coefficient (Wildman–Crippen LogP) is 4.30. The highest BCUT2D eigenvalue weighted by molar-refractivity contribution is 6.34. The zero-order chi connectivity index (χ0) is 25.9. The number of phenolic OH excluding ortho intramolecular Hbond substituents is 4. The molecule has 0 radical (unpaired) electrons. The van der Waals surface area contributed by atoms with E-state index in [9.17, 15) is 30.3 Å². The third-order valence-corrected chi connectivity index (χ3v) is 7.90. The summed E-state index contributed by atoms with van der Waals surface area (Å²) in [6.45, 7) is 4.93. The molecule has 0 spiro atoms. The van der Waals surface area contributed by atoms with Crippen molar-refractivity contribution in [3.8, 4) is 28.7 Å². The van der Waals surface area contributed by atoms with Gasteiger partial charge in [0.25, 0.3) is 0 Å². The quantitative estimate of drug-likeness (QED) is 0.327. The van der Waals surface area contributed by atoms with Gasteiger partial charge in [0.15, 0.2) is 0 Å². The van der Waals surface area contributed by atoms with Gasteiger partial charge in [-0.15, -0.1) is 0 Å². The number of hydrogen-bond acceptors (Lipinski definition) is 8. The Balaban J connectivity index is 1.67. The molecular weight excluding hydrogens is 488 g/mol. The maximum atomic E-state index is 13.7. The van der Waals surface area contributed by atoms with Gasteiger partial charge in [-0.2, -0.15) is 0 Å². The first-order valence-electron chi connectivity index (χ1n) is 11.4. The first kappa shape index (κ1) is 23.0. The number of rotatable bonds is 1. The van der Waals surface area contributed by atoms with Crippen LogP contribution in [0.2, 0.25) is 5.02 Å². The minimum Gasteiger partial charge on any atom is -0.508 e. The second kappa shape index (κ2) is 7.06. The summed E-state index contributed by atoms with van der Waals surface area (Å²) in [6.07, 6.45) is -0.663. The molecule has 0 aromatic heterocycles. The Morgan fingerprint density at radius 1 is 1.00 bits per heavy atom. The number of ether oxygens (including phenoxy) is 2. The van der Waals surface area contributed by atoms with Crippen molar-refractivity contribution < 1.29 is 39.8 Å². The number of carbonyl (C=O) groups is 1. The number of aliphatic hydroxyl groups is 1. The smallest absolute Gasteiger partial charge is 0.212 e. The number of hydrogen-bond donors (Lipinski definition) is 5. The van der Waals surface area contributed by atoms with Crippen molar-refractivity contribution in [1.29, 1.82) is 0 Å². The van der Waals surface area contributed by atoms with Crippen LogP contribution in [0.25, 0.3) is 0 Å². The zero-order valence-corrected chi connectivity index (χ0v) is 20.4. The average molecular weight is 511 g/mol. The van der Waals surface area contributed by atoms with Gasteiger partial charge in [0, 0.05) is 42.0 Å². The molecule has 2 heterocycles. The van der Waals surface area contributed by atoms with E-state index in [1.807, 2.05) is 6.07 Å². The van der Waals surface area contributed by atoms with Gasteiger partial charge in [0.05, 0.1) is 22.8 Å². The summed E-state index contributed by atoms with van der Waals surface area (Å²) in [4.78, 5) is 13.7. The SMILES string of the molecule is CC1(C)c2cc3c(c(O)c2C(=O)c2c(O)cc(O)c(Cl)c21)[C@H]1O[C@@](C)(C3)Oc2cc(O)cc(CO)c21. The molecule has 36 heavy (non-hydrogen) atoms. The van der Waals surface area contributed by atoms with E-state index in [2.05, 4.69) is 0 Å². The van der Waals surface area contributed by atoms with E-state index >= 15 is 0 Å². The van der Waals surface area contributed by atoms with Gasteiger partial charge in [-0.1, -0.05) is 31.5 Å². The molecule has 0 unspecified atom stereocenters. The first-order valence-corrected chi connectivity index (χ1v) is 11.8. The normalized spacial score (nSPS) is 22.7. The molecule has 0 saturated carbocycles. The largest absolute Gasteiger partial charge is 0.508 e. The van der Waals surface area contributed by atoms with Gasteiger partial charge in [-0.05, 0) is 28.3 Å². The first-order chi connectivity index (χ1) is 16.9. The summed E-state index contributed by atoms with van der Waals surface area (Å²) in [5.41, 5.74) is 1.56. The number of carbonyl (C=O) groups excluding carboxylic acids is 1. The van der Waals surface area contributed by atoms with E-state index in [1.165, 1.54) is 12.1 Å².